The fraction of sp³-hybridized carbons (Fsp3) is 0.364. The van der Waals surface area contributed by atoms with Crippen LogP contribution in [-0.4, -0.2) is 56.0 Å². The lowest BCUT2D eigenvalue weighted by Gasteiger charge is -2.22. The van der Waals surface area contributed by atoms with Gasteiger partial charge in [0.25, 0.3) is 5.91 Å². The van der Waals surface area contributed by atoms with Crippen molar-refractivity contribution in [1.82, 2.24) is 24.8 Å². The Hall–Kier alpha value is -3.06. The zero-order valence-corrected chi connectivity index (χ0v) is 16.9. The molecule has 3 aromatic heterocycles. The van der Waals surface area contributed by atoms with Crippen molar-refractivity contribution >= 4 is 5.91 Å². The van der Waals surface area contributed by atoms with E-state index in [1.54, 1.807) is 30.5 Å². The first-order valence-corrected chi connectivity index (χ1v) is 9.72. The topological polar surface area (TPSA) is 95.0 Å². The normalized spacial score (nSPS) is 14.6. The third-order valence-electron chi connectivity index (χ3n) is 5.66. The van der Waals surface area contributed by atoms with Crippen LogP contribution in [-0.2, 0) is 0 Å². The number of amides is 1. The van der Waals surface area contributed by atoms with Crippen LogP contribution in [0.1, 0.15) is 34.6 Å². The maximum atomic E-state index is 12.9. The summed E-state index contributed by atoms with van der Waals surface area (Å²) >= 11 is 0. The molecule has 0 atom stereocenters. The van der Waals surface area contributed by atoms with Gasteiger partial charge in [-0.2, -0.15) is 0 Å². The van der Waals surface area contributed by atoms with Gasteiger partial charge < -0.3 is 15.0 Å². The molecule has 3 heterocycles. The number of aliphatic hydroxyl groups is 1. The molecule has 7 nitrogen and oxygen atoms in total. The van der Waals surface area contributed by atoms with E-state index >= 15 is 0 Å². The average Bonchev–Trinajstić information content (AvgIpc) is 3.44. The predicted molar refractivity (Wildman–Crippen MR) is 110 cm³/mol. The Balaban J connectivity index is 1.59. The van der Waals surface area contributed by atoms with Crippen LogP contribution in [0.25, 0.3) is 22.6 Å². The van der Waals surface area contributed by atoms with E-state index < -0.39 is 0 Å². The molecule has 0 aliphatic heterocycles. The Morgan fingerprint density at radius 2 is 2.03 bits per heavy atom. The number of carbonyl (C=O) groups excluding carboxylic acids is 1. The highest BCUT2D eigenvalue weighted by atomic mass is 16.3. The van der Waals surface area contributed by atoms with Crippen LogP contribution in [0.5, 0.6) is 0 Å². The molecule has 0 spiro atoms. The van der Waals surface area contributed by atoms with E-state index in [-0.39, 0.29) is 17.9 Å². The number of imidazole rings is 1. The van der Waals surface area contributed by atoms with Crippen molar-refractivity contribution in [1.29, 1.82) is 0 Å². The molecule has 1 saturated carbocycles. The minimum absolute atomic E-state index is 0.0920. The number of aryl methyl sites for hydroxylation is 2. The molecule has 1 amide bonds. The molecule has 7 heteroatoms. The molecular weight excluding hydrogens is 366 g/mol. The third-order valence-corrected chi connectivity index (χ3v) is 5.66. The monoisotopic (exact) mass is 391 g/mol. The van der Waals surface area contributed by atoms with E-state index in [4.69, 9.17) is 0 Å². The maximum Gasteiger partial charge on any atom is 0.255 e. The number of nitrogens with zero attached hydrogens (tertiary/aromatic N) is 4. The van der Waals surface area contributed by atoms with E-state index in [2.05, 4.69) is 19.9 Å². The number of aromatic nitrogens is 4. The minimum Gasteiger partial charge on any atom is -0.396 e. The number of hydrogen-bond acceptors (Lipinski definition) is 5. The Morgan fingerprint density at radius 1 is 1.24 bits per heavy atom. The first kappa shape index (κ1) is 19.3. The molecule has 0 bridgehead atoms. The fourth-order valence-electron chi connectivity index (χ4n) is 3.46. The highest BCUT2D eigenvalue weighted by Gasteiger charge is 2.43. The summed E-state index contributed by atoms with van der Waals surface area (Å²) in [5, 5.41) is 9.53. The highest BCUT2D eigenvalue weighted by Crippen LogP contribution is 2.45. The summed E-state index contributed by atoms with van der Waals surface area (Å²) < 4.78 is 0. The molecule has 1 aliphatic rings. The van der Waals surface area contributed by atoms with Crippen LogP contribution >= 0.6 is 0 Å². The van der Waals surface area contributed by atoms with Crippen molar-refractivity contribution in [3.8, 4) is 22.6 Å². The number of aromatic amines is 1. The van der Waals surface area contributed by atoms with Gasteiger partial charge in [0.15, 0.2) is 5.82 Å². The van der Waals surface area contributed by atoms with Crippen molar-refractivity contribution in [2.45, 2.75) is 26.7 Å². The van der Waals surface area contributed by atoms with E-state index in [0.717, 1.165) is 46.9 Å². The number of aliphatic hydroxyl groups excluding tert-OH is 1. The Morgan fingerprint density at radius 3 is 2.69 bits per heavy atom. The van der Waals surface area contributed by atoms with Crippen molar-refractivity contribution in [2.24, 2.45) is 5.41 Å². The van der Waals surface area contributed by atoms with Gasteiger partial charge in [-0.15, -0.1) is 0 Å². The molecule has 0 aromatic carbocycles. The SMILES string of the molecule is Cc1nc(-c2cc(-c3cncc(C(=O)N(C)CC4(CO)CC4)c3)ccn2)[nH]c1C. The van der Waals surface area contributed by atoms with Gasteiger partial charge in [0.05, 0.1) is 17.9 Å². The quantitative estimate of drug-likeness (QED) is 0.674. The Bertz CT molecular complexity index is 1040. The molecule has 2 N–H and O–H groups in total. The van der Waals surface area contributed by atoms with E-state index in [1.807, 2.05) is 32.0 Å². The molecule has 4 rings (SSSR count). The lowest BCUT2D eigenvalue weighted by atomic mass is 10.0. The largest absolute Gasteiger partial charge is 0.396 e. The molecule has 1 fully saturated rings. The third kappa shape index (κ3) is 3.91. The van der Waals surface area contributed by atoms with Crippen molar-refractivity contribution in [3.63, 3.8) is 0 Å². The molecular formula is C22H25N5O2. The van der Waals surface area contributed by atoms with Gasteiger partial charge in [-0.1, -0.05) is 0 Å². The van der Waals surface area contributed by atoms with Gasteiger partial charge in [-0.3, -0.25) is 14.8 Å². The van der Waals surface area contributed by atoms with Gasteiger partial charge in [0, 0.05) is 48.9 Å². The number of hydrogen-bond donors (Lipinski definition) is 2. The summed E-state index contributed by atoms with van der Waals surface area (Å²) in [5.74, 6) is 0.631. The second-order valence-electron chi connectivity index (χ2n) is 8.01. The second kappa shape index (κ2) is 7.40. The first-order chi connectivity index (χ1) is 13.9. The molecule has 150 valence electrons. The summed E-state index contributed by atoms with van der Waals surface area (Å²) in [6.07, 6.45) is 6.99. The highest BCUT2D eigenvalue weighted by molar-refractivity contribution is 5.95. The second-order valence-corrected chi connectivity index (χ2v) is 8.01. The van der Waals surface area contributed by atoms with E-state index in [1.165, 1.54) is 0 Å². The molecule has 29 heavy (non-hydrogen) atoms. The van der Waals surface area contributed by atoms with Crippen LogP contribution in [0.2, 0.25) is 0 Å². The lowest BCUT2D eigenvalue weighted by molar-refractivity contribution is 0.0733. The minimum atomic E-state index is -0.116. The van der Waals surface area contributed by atoms with Crippen LogP contribution in [0.3, 0.4) is 0 Å². The van der Waals surface area contributed by atoms with Crippen molar-refractivity contribution in [3.05, 3.63) is 53.7 Å². The number of rotatable bonds is 6. The van der Waals surface area contributed by atoms with Crippen LogP contribution in [0.15, 0.2) is 36.8 Å². The van der Waals surface area contributed by atoms with Crippen LogP contribution < -0.4 is 0 Å². The molecule has 3 aromatic rings. The molecule has 0 unspecified atom stereocenters. The number of H-pyrrole nitrogens is 1. The predicted octanol–water partition coefficient (Wildman–Crippen LogP) is 3.00. The maximum absolute atomic E-state index is 12.9. The summed E-state index contributed by atoms with van der Waals surface area (Å²) in [6, 6.07) is 5.69. The molecule has 0 radical (unpaired) electrons. The van der Waals surface area contributed by atoms with Gasteiger partial charge in [-0.25, -0.2) is 4.98 Å². The Labute approximate surface area is 169 Å². The number of pyridine rings is 2. The van der Waals surface area contributed by atoms with Crippen molar-refractivity contribution in [2.75, 3.05) is 20.2 Å². The zero-order valence-electron chi connectivity index (χ0n) is 16.9. The Kier molecular flexibility index (Phi) is 4.92. The molecule has 1 aliphatic carbocycles. The van der Waals surface area contributed by atoms with Gasteiger partial charge in [0.1, 0.15) is 5.69 Å². The standard InChI is InChI=1S/C22H25N5O2/c1-14-15(2)26-20(25-14)19-9-16(4-7-24-19)17-8-18(11-23-10-17)21(29)27(3)12-22(13-28)5-6-22/h4,7-11,28H,5-6,12-13H2,1-3H3,(H,25,26). The molecule has 0 saturated heterocycles. The van der Waals surface area contributed by atoms with Crippen LogP contribution in [0, 0.1) is 19.3 Å². The van der Waals surface area contributed by atoms with E-state index in [0.29, 0.717) is 12.1 Å². The van der Waals surface area contributed by atoms with Gasteiger partial charge in [0.2, 0.25) is 0 Å². The van der Waals surface area contributed by atoms with Gasteiger partial charge in [-0.05, 0) is 50.5 Å². The average molecular weight is 391 g/mol. The lowest BCUT2D eigenvalue weighted by Crippen LogP contribution is -2.34. The summed E-state index contributed by atoms with van der Waals surface area (Å²) in [4.78, 5) is 31.0. The van der Waals surface area contributed by atoms with Crippen molar-refractivity contribution < 1.29 is 9.90 Å². The first-order valence-electron chi connectivity index (χ1n) is 9.72. The fourth-order valence-corrected chi connectivity index (χ4v) is 3.46. The smallest absolute Gasteiger partial charge is 0.255 e. The number of carbonyl (C=O) groups is 1. The van der Waals surface area contributed by atoms with E-state index in [9.17, 15) is 9.90 Å². The van der Waals surface area contributed by atoms with Gasteiger partial charge >= 0.3 is 0 Å². The summed E-state index contributed by atoms with van der Waals surface area (Å²) in [5.41, 5.74) is 4.88. The zero-order chi connectivity index (χ0) is 20.6. The summed E-state index contributed by atoms with van der Waals surface area (Å²) in [7, 11) is 1.77. The summed E-state index contributed by atoms with van der Waals surface area (Å²) in [6.45, 7) is 4.61. The van der Waals surface area contributed by atoms with Crippen LogP contribution in [0.4, 0.5) is 0 Å². The number of nitrogens with one attached hydrogen (secondary N) is 1.